The molecule has 0 aliphatic rings. The van der Waals surface area contributed by atoms with Crippen molar-refractivity contribution in [3.8, 4) is 0 Å². The number of ether oxygens (including phenoxy) is 1. The molecular formula is C12H18F3N2O2Si. The van der Waals surface area contributed by atoms with E-state index in [0.29, 0.717) is 6.61 Å². The minimum atomic E-state index is -4.67. The number of ketones is 1. The van der Waals surface area contributed by atoms with Crippen molar-refractivity contribution in [2.45, 2.75) is 38.6 Å². The summed E-state index contributed by atoms with van der Waals surface area (Å²) in [5.74, 6) is -0.911. The average Bonchev–Trinajstić information content (AvgIpc) is 2.67. The highest BCUT2D eigenvalue weighted by Crippen LogP contribution is 2.30. The lowest BCUT2D eigenvalue weighted by Gasteiger charge is -2.15. The molecule has 1 radical (unpaired) electrons. The molecule has 0 amide bonds. The van der Waals surface area contributed by atoms with E-state index < -0.39 is 31.3 Å². The molecule has 0 N–H and O–H groups in total. The lowest BCUT2D eigenvalue weighted by atomic mass is 10.2. The molecule has 0 bridgehead atoms. The zero-order valence-corrected chi connectivity index (χ0v) is 12.8. The SMILES string of the molecule is [CH2]C(=O)c1cn(COCC[Si](C)(C)C)nc1C(F)(F)F. The first kappa shape index (κ1) is 16.9. The molecule has 0 aromatic carbocycles. The van der Waals surface area contributed by atoms with Crippen LogP contribution in [0, 0.1) is 6.92 Å². The lowest BCUT2D eigenvalue weighted by Crippen LogP contribution is -2.22. The zero-order valence-electron chi connectivity index (χ0n) is 11.8. The molecule has 1 heterocycles. The van der Waals surface area contributed by atoms with Gasteiger partial charge < -0.3 is 4.74 Å². The summed E-state index contributed by atoms with van der Waals surface area (Å²) in [7, 11) is -1.25. The van der Waals surface area contributed by atoms with Gasteiger partial charge in [0.05, 0.1) is 5.56 Å². The van der Waals surface area contributed by atoms with Crippen molar-refractivity contribution >= 4 is 13.9 Å². The zero-order chi connectivity index (χ0) is 15.6. The summed E-state index contributed by atoms with van der Waals surface area (Å²) in [6.07, 6.45) is -3.65. The summed E-state index contributed by atoms with van der Waals surface area (Å²) in [6, 6.07) is 0.904. The molecule has 0 spiro atoms. The van der Waals surface area contributed by atoms with E-state index in [1.54, 1.807) is 0 Å². The monoisotopic (exact) mass is 307 g/mol. The van der Waals surface area contributed by atoms with Crippen LogP contribution in [0.25, 0.3) is 0 Å². The van der Waals surface area contributed by atoms with E-state index in [4.69, 9.17) is 4.74 Å². The Balaban J connectivity index is 2.71. The van der Waals surface area contributed by atoms with Crippen LogP contribution < -0.4 is 0 Å². The third-order valence-electron chi connectivity index (χ3n) is 2.55. The fourth-order valence-corrected chi connectivity index (χ4v) is 2.19. The molecule has 0 fully saturated rings. The van der Waals surface area contributed by atoms with Crippen LogP contribution in [0.5, 0.6) is 0 Å². The number of halogens is 3. The first-order chi connectivity index (χ1) is 9.00. The summed E-state index contributed by atoms with van der Waals surface area (Å²) in [6.45, 7) is 9.87. The van der Waals surface area contributed by atoms with E-state index in [1.165, 1.54) is 0 Å². The Bertz CT molecular complexity index is 478. The third kappa shape index (κ3) is 5.08. The van der Waals surface area contributed by atoms with Crippen LogP contribution >= 0.6 is 0 Å². The first-order valence-corrected chi connectivity index (χ1v) is 9.80. The molecule has 0 unspecified atom stereocenters. The summed E-state index contributed by atoms with van der Waals surface area (Å²) < 4.78 is 44.3. The van der Waals surface area contributed by atoms with Crippen molar-refractivity contribution in [2.24, 2.45) is 0 Å². The van der Waals surface area contributed by atoms with Gasteiger partial charge in [-0.2, -0.15) is 18.3 Å². The first-order valence-electron chi connectivity index (χ1n) is 6.09. The van der Waals surface area contributed by atoms with Gasteiger partial charge >= 0.3 is 6.18 Å². The Labute approximate surface area is 116 Å². The number of hydrogen-bond acceptors (Lipinski definition) is 3. The van der Waals surface area contributed by atoms with Crippen LogP contribution in [0.2, 0.25) is 25.7 Å². The molecule has 113 valence electrons. The number of carbonyl (C=O) groups excluding carboxylic acids is 1. The molecule has 0 saturated carbocycles. The van der Waals surface area contributed by atoms with Gasteiger partial charge in [-0.1, -0.05) is 19.6 Å². The van der Waals surface area contributed by atoms with Crippen LogP contribution in [0.1, 0.15) is 16.1 Å². The van der Waals surface area contributed by atoms with E-state index in [-0.39, 0.29) is 6.73 Å². The van der Waals surface area contributed by atoms with Gasteiger partial charge in [0.15, 0.2) is 11.5 Å². The smallest absolute Gasteiger partial charge is 0.360 e. The molecule has 8 heteroatoms. The van der Waals surface area contributed by atoms with Crippen molar-refractivity contribution in [3.05, 3.63) is 24.4 Å². The topological polar surface area (TPSA) is 44.1 Å². The number of alkyl halides is 3. The van der Waals surface area contributed by atoms with Crippen molar-refractivity contribution in [1.82, 2.24) is 9.78 Å². The number of hydrogen-bond donors (Lipinski definition) is 0. The number of nitrogens with zero attached hydrogens (tertiary/aromatic N) is 2. The summed E-state index contributed by atoms with van der Waals surface area (Å²) in [5, 5.41) is 3.35. The number of rotatable bonds is 6. The third-order valence-corrected chi connectivity index (χ3v) is 4.25. The Hall–Kier alpha value is -1.15. The molecule has 20 heavy (non-hydrogen) atoms. The fourth-order valence-electron chi connectivity index (χ4n) is 1.44. The van der Waals surface area contributed by atoms with E-state index in [0.717, 1.165) is 16.9 Å². The largest absolute Gasteiger partial charge is 0.435 e. The standard InChI is InChI=1S/C12H18F3N2O2Si/c1-9(18)10-7-17(16-11(10)12(13,14)15)8-19-5-6-20(2,3)4/h7H,1,5-6,8H2,2-4H3. The molecule has 1 rings (SSSR count). The van der Waals surface area contributed by atoms with E-state index in [2.05, 4.69) is 31.7 Å². The Kier molecular flexibility index (Phi) is 5.14. The van der Waals surface area contributed by atoms with Crippen molar-refractivity contribution < 1.29 is 22.7 Å². The van der Waals surface area contributed by atoms with Crippen molar-refractivity contribution in [1.29, 1.82) is 0 Å². The van der Waals surface area contributed by atoms with Crippen LogP contribution in [-0.4, -0.2) is 30.2 Å². The van der Waals surface area contributed by atoms with E-state index >= 15 is 0 Å². The molecule has 0 aliphatic heterocycles. The molecule has 4 nitrogen and oxygen atoms in total. The average molecular weight is 307 g/mol. The maximum Gasteiger partial charge on any atom is 0.435 e. The van der Waals surface area contributed by atoms with Gasteiger partial charge in [-0.25, -0.2) is 4.68 Å². The summed E-state index contributed by atoms with van der Waals surface area (Å²) in [5.41, 5.74) is -1.75. The molecule has 0 aliphatic carbocycles. The van der Waals surface area contributed by atoms with Crippen LogP contribution in [-0.2, 0) is 17.6 Å². The minimum absolute atomic E-state index is 0.110. The quantitative estimate of drug-likeness (QED) is 0.460. The summed E-state index contributed by atoms with van der Waals surface area (Å²) in [4.78, 5) is 11.1. The normalized spacial score (nSPS) is 12.8. The highest BCUT2D eigenvalue weighted by Gasteiger charge is 2.38. The van der Waals surface area contributed by atoms with Gasteiger partial charge in [0.2, 0.25) is 0 Å². The van der Waals surface area contributed by atoms with Gasteiger partial charge in [-0.3, -0.25) is 4.79 Å². The Morgan fingerprint density at radius 3 is 2.45 bits per heavy atom. The van der Waals surface area contributed by atoms with E-state index in [9.17, 15) is 18.0 Å². The van der Waals surface area contributed by atoms with Crippen molar-refractivity contribution in [2.75, 3.05) is 6.61 Å². The second-order valence-corrected chi connectivity index (χ2v) is 11.3. The molecule has 0 saturated heterocycles. The molecule has 1 aromatic rings. The van der Waals surface area contributed by atoms with Gasteiger partial charge in [-0.05, 0) is 6.04 Å². The number of aromatic nitrogens is 2. The van der Waals surface area contributed by atoms with Gasteiger partial charge in [-0.15, -0.1) is 0 Å². The maximum absolute atomic E-state index is 12.7. The van der Waals surface area contributed by atoms with Gasteiger partial charge in [0, 0.05) is 27.8 Å². The van der Waals surface area contributed by atoms with Gasteiger partial charge in [0.1, 0.15) is 6.73 Å². The predicted molar refractivity (Wildman–Crippen MR) is 71.0 cm³/mol. The summed E-state index contributed by atoms with van der Waals surface area (Å²) >= 11 is 0. The second-order valence-electron chi connectivity index (χ2n) is 5.70. The van der Waals surface area contributed by atoms with Crippen molar-refractivity contribution in [3.63, 3.8) is 0 Å². The molecular weight excluding hydrogens is 289 g/mol. The van der Waals surface area contributed by atoms with Crippen LogP contribution in [0.4, 0.5) is 13.2 Å². The van der Waals surface area contributed by atoms with Crippen LogP contribution in [0.15, 0.2) is 6.20 Å². The Morgan fingerprint density at radius 1 is 1.45 bits per heavy atom. The van der Waals surface area contributed by atoms with Crippen LogP contribution in [0.3, 0.4) is 0 Å². The number of carbonyl (C=O) groups is 1. The molecule has 1 aromatic heterocycles. The van der Waals surface area contributed by atoms with Gasteiger partial charge in [0.25, 0.3) is 0 Å². The highest BCUT2D eigenvalue weighted by molar-refractivity contribution is 6.76. The predicted octanol–water partition coefficient (Wildman–Crippen LogP) is 3.23. The number of Topliss-reactive ketones (excluding diaryl/α,β-unsaturated/α-hetero) is 1. The molecule has 0 atom stereocenters. The van der Waals surface area contributed by atoms with E-state index in [1.807, 2.05) is 0 Å². The second kappa shape index (κ2) is 6.09. The highest BCUT2D eigenvalue weighted by atomic mass is 28.3. The maximum atomic E-state index is 12.7. The fraction of sp³-hybridized carbons (Fsp3) is 0.583. The lowest BCUT2D eigenvalue weighted by molar-refractivity contribution is -0.142. The minimum Gasteiger partial charge on any atom is -0.360 e. The Morgan fingerprint density at radius 2 is 2.05 bits per heavy atom.